The zero-order valence-corrected chi connectivity index (χ0v) is 12.5. The van der Waals surface area contributed by atoms with Crippen LogP contribution in [-0.4, -0.2) is 24.4 Å². The van der Waals surface area contributed by atoms with E-state index in [9.17, 15) is 10.2 Å². The Morgan fingerprint density at radius 3 is 2.59 bits per heavy atom. The van der Waals surface area contributed by atoms with Crippen LogP contribution in [0.5, 0.6) is 28.7 Å². The third kappa shape index (κ3) is 2.50. The van der Waals surface area contributed by atoms with Gasteiger partial charge in [-0.05, 0) is 25.0 Å². The summed E-state index contributed by atoms with van der Waals surface area (Å²) in [5, 5.41) is 19.4. The summed E-state index contributed by atoms with van der Waals surface area (Å²) in [6.45, 7) is 0. The lowest BCUT2D eigenvalue weighted by Crippen LogP contribution is -2.16. The summed E-state index contributed by atoms with van der Waals surface area (Å²) in [6, 6.07) is 8.19. The van der Waals surface area contributed by atoms with E-state index in [0.717, 1.165) is 17.7 Å². The van der Waals surface area contributed by atoms with E-state index in [4.69, 9.17) is 14.2 Å². The van der Waals surface area contributed by atoms with E-state index in [1.54, 1.807) is 26.4 Å². The Kier molecular flexibility index (Phi) is 3.71. The molecule has 22 heavy (non-hydrogen) atoms. The first kappa shape index (κ1) is 14.4. The number of fused-ring (bicyclic) bond motifs is 1. The van der Waals surface area contributed by atoms with Gasteiger partial charge >= 0.3 is 0 Å². The van der Waals surface area contributed by atoms with Crippen molar-refractivity contribution < 1.29 is 24.4 Å². The van der Waals surface area contributed by atoms with Gasteiger partial charge in [0.1, 0.15) is 34.9 Å². The molecule has 0 radical (unpaired) electrons. The Morgan fingerprint density at radius 2 is 1.91 bits per heavy atom. The van der Waals surface area contributed by atoms with Gasteiger partial charge in [0.2, 0.25) is 0 Å². The molecular weight excluding hydrogens is 284 g/mol. The summed E-state index contributed by atoms with van der Waals surface area (Å²) in [6.07, 6.45) is 1.21. The number of methoxy groups -OCH3 is 2. The molecular formula is C17H18O5. The average molecular weight is 302 g/mol. The van der Waals surface area contributed by atoms with Gasteiger partial charge in [-0.25, -0.2) is 0 Å². The molecule has 0 aromatic heterocycles. The lowest BCUT2D eigenvalue weighted by atomic mass is 9.96. The number of ether oxygens (including phenoxy) is 3. The van der Waals surface area contributed by atoms with Gasteiger partial charge in [-0.1, -0.05) is 0 Å². The highest BCUT2D eigenvalue weighted by Crippen LogP contribution is 2.44. The quantitative estimate of drug-likeness (QED) is 0.911. The zero-order chi connectivity index (χ0) is 15.7. The smallest absolute Gasteiger partial charge is 0.130 e. The minimum Gasteiger partial charge on any atom is -0.508 e. The second-order valence-corrected chi connectivity index (χ2v) is 5.19. The van der Waals surface area contributed by atoms with E-state index in [1.165, 1.54) is 6.07 Å². The first-order chi connectivity index (χ1) is 10.6. The normalized spacial score (nSPS) is 16.5. The Labute approximate surface area is 128 Å². The van der Waals surface area contributed by atoms with E-state index in [1.807, 2.05) is 12.1 Å². The van der Waals surface area contributed by atoms with E-state index in [2.05, 4.69) is 0 Å². The van der Waals surface area contributed by atoms with E-state index < -0.39 is 0 Å². The summed E-state index contributed by atoms with van der Waals surface area (Å²) >= 11 is 0. The molecule has 1 heterocycles. The van der Waals surface area contributed by atoms with Gasteiger partial charge in [0, 0.05) is 29.3 Å². The lowest BCUT2D eigenvalue weighted by molar-refractivity contribution is 0.170. The Morgan fingerprint density at radius 1 is 1.09 bits per heavy atom. The molecule has 5 nitrogen and oxygen atoms in total. The van der Waals surface area contributed by atoms with Crippen LogP contribution in [0.25, 0.3) is 0 Å². The maximum Gasteiger partial charge on any atom is 0.130 e. The third-order valence-corrected chi connectivity index (χ3v) is 3.88. The highest BCUT2D eigenvalue weighted by molar-refractivity contribution is 5.52. The summed E-state index contributed by atoms with van der Waals surface area (Å²) in [7, 11) is 3.21. The molecule has 1 unspecified atom stereocenters. The SMILES string of the molecule is COc1cc(OC)c2c(c1)OC(c1ccc(O)cc1O)CC2. The van der Waals surface area contributed by atoms with Crippen LogP contribution < -0.4 is 14.2 Å². The fraction of sp³-hybridized carbons (Fsp3) is 0.294. The summed E-state index contributed by atoms with van der Waals surface area (Å²) in [5.74, 6) is 2.15. The van der Waals surface area contributed by atoms with Gasteiger partial charge in [-0.3, -0.25) is 0 Å². The van der Waals surface area contributed by atoms with Gasteiger partial charge in [-0.2, -0.15) is 0 Å². The second kappa shape index (κ2) is 5.67. The molecule has 3 rings (SSSR count). The first-order valence-corrected chi connectivity index (χ1v) is 7.05. The standard InChI is InChI=1S/C17H18O5/c1-20-11-8-16(21-2)13-5-6-15(22-17(13)9-11)12-4-3-10(18)7-14(12)19/h3-4,7-9,15,18-19H,5-6H2,1-2H3. The summed E-state index contributed by atoms with van der Waals surface area (Å²) in [4.78, 5) is 0. The second-order valence-electron chi connectivity index (χ2n) is 5.19. The molecule has 1 aliphatic heterocycles. The predicted octanol–water partition coefficient (Wildman–Crippen LogP) is 3.18. The van der Waals surface area contributed by atoms with Crippen LogP contribution in [0.15, 0.2) is 30.3 Å². The minimum atomic E-state index is -0.273. The van der Waals surface area contributed by atoms with Crippen molar-refractivity contribution in [1.82, 2.24) is 0 Å². The van der Waals surface area contributed by atoms with Crippen molar-refractivity contribution in [3.8, 4) is 28.7 Å². The predicted molar refractivity (Wildman–Crippen MR) is 81.0 cm³/mol. The Balaban J connectivity index is 1.96. The summed E-state index contributed by atoms with van der Waals surface area (Å²) in [5.41, 5.74) is 1.66. The molecule has 0 spiro atoms. The number of phenolic OH excluding ortho intramolecular Hbond substituents is 2. The fourth-order valence-electron chi connectivity index (χ4n) is 2.76. The van der Waals surface area contributed by atoms with E-state index in [0.29, 0.717) is 23.5 Å². The molecule has 0 saturated carbocycles. The van der Waals surface area contributed by atoms with E-state index in [-0.39, 0.29) is 17.6 Å². The van der Waals surface area contributed by atoms with Crippen molar-refractivity contribution in [2.75, 3.05) is 14.2 Å². The Bertz CT molecular complexity index is 696. The molecule has 5 heteroatoms. The van der Waals surface area contributed by atoms with Crippen molar-refractivity contribution >= 4 is 0 Å². The van der Waals surface area contributed by atoms with Crippen LogP contribution in [0.2, 0.25) is 0 Å². The Hall–Kier alpha value is -2.56. The molecule has 2 aromatic rings. The van der Waals surface area contributed by atoms with Crippen molar-refractivity contribution in [3.05, 3.63) is 41.5 Å². The number of rotatable bonds is 3. The first-order valence-electron chi connectivity index (χ1n) is 7.05. The number of benzene rings is 2. The number of aromatic hydroxyl groups is 2. The molecule has 0 aliphatic carbocycles. The third-order valence-electron chi connectivity index (χ3n) is 3.88. The van der Waals surface area contributed by atoms with Crippen LogP contribution in [0, 0.1) is 0 Å². The molecule has 1 aliphatic rings. The van der Waals surface area contributed by atoms with Gasteiger partial charge in [0.05, 0.1) is 14.2 Å². The van der Waals surface area contributed by atoms with Crippen LogP contribution in [0.3, 0.4) is 0 Å². The van der Waals surface area contributed by atoms with Crippen molar-refractivity contribution in [2.45, 2.75) is 18.9 Å². The zero-order valence-electron chi connectivity index (χ0n) is 12.5. The van der Waals surface area contributed by atoms with Gasteiger partial charge in [0.15, 0.2) is 0 Å². The molecule has 116 valence electrons. The van der Waals surface area contributed by atoms with Gasteiger partial charge < -0.3 is 24.4 Å². The molecule has 0 saturated heterocycles. The molecule has 2 aromatic carbocycles. The molecule has 0 amide bonds. The van der Waals surface area contributed by atoms with Crippen molar-refractivity contribution in [3.63, 3.8) is 0 Å². The monoisotopic (exact) mass is 302 g/mol. The topological polar surface area (TPSA) is 68.2 Å². The van der Waals surface area contributed by atoms with Gasteiger partial charge in [0.25, 0.3) is 0 Å². The van der Waals surface area contributed by atoms with Crippen LogP contribution in [0.4, 0.5) is 0 Å². The molecule has 1 atom stereocenters. The van der Waals surface area contributed by atoms with Crippen LogP contribution in [0.1, 0.15) is 23.7 Å². The summed E-state index contributed by atoms with van der Waals surface area (Å²) < 4.78 is 16.7. The number of hydrogen-bond acceptors (Lipinski definition) is 5. The maximum absolute atomic E-state index is 10.0. The largest absolute Gasteiger partial charge is 0.508 e. The molecule has 2 N–H and O–H groups in total. The fourth-order valence-corrected chi connectivity index (χ4v) is 2.76. The van der Waals surface area contributed by atoms with Crippen LogP contribution >= 0.6 is 0 Å². The highest BCUT2D eigenvalue weighted by Gasteiger charge is 2.26. The highest BCUT2D eigenvalue weighted by atomic mass is 16.5. The number of phenols is 2. The molecule has 0 fully saturated rings. The average Bonchev–Trinajstić information content (AvgIpc) is 2.53. The van der Waals surface area contributed by atoms with E-state index >= 15 is 0 Å². The van der Waals surface area contributed by atoms with Crippen molar-refractivity contribution in [2.24, 2.45) is 0 Å². The maximum atomic E-state index is 10.0. The van der Waals surface area contributed by atoms with Crippen molar-refractivity contribution in [1.29, 1.82) is 0 Å². The van der Waals surface area contributed by atoms with Crippen LogP contribution in [-0.2, 0) is 6.42 Å². The van der Waals surface area contributed by atoms with Gasteiger partial charge in [-0.15, -0.1) is 0 Å². The minimum absolute atomic E-state index is 0.0285. The number of hydrogen-bond donors (Lipinski definition) is 2. The molecule has 0 bridgehead atoms. The lowest BCUT2D eigenvalue weighted by Gasteiger charge is -2.28.